The molecule has 2 aromatic rings. The third kappa shape index (κ3) is 4.66. The van der Waals surface area contributed by atoms with Crippen LogP contribution in [0.4, 0.5) is 0 Å². The molecule has 1 amide bonds. The molecule has 8 heteroatoms. The van der Waals surface area contributed by atoms with E-state index in [0.717, 1.165) is 18.4 Å². The Bertz CT molecular complexity index is 846. The van der Waals surface area contributed by atoms with Crippen molar-refractivity contribution in [2.45, 2.75) is 38.1 Å². The molecule has 1 aromatic carbocycles. The van der Waals surface area contributed by atoms with Gasteiger partial charge in [0.05, 0.1) is 17.9 Å². The van der Waals surface area contributed by atoms with Gasteiger partial charge in [0.2, 0.25) is 5.91 Å². The summed E-state index contributed by atoms with van der Waals surface area (Å²) >= 11 is 0. The molecule has 0 spiro atoms. The summed E-state index contributed by atoms with van der Waals surface area (Å²) in [6, 6.07) is 9.98. The number of benzene rings is 1. The molecule has 2 N–H and O–H groups in total. The molecule has 1 unspecified atom stereocenters. The first-order chi connectivity index (χ1) is 11.9. The maximum absolute atomic E-state index is 12.0. The highest BCUT2D eigenvalue weighted by Gasteiger charge is 2.30. The zero-order chi connectivity index (χ0) is 17.9. The van der Waals surface area contributed by atoms with Crippen LogP contribution in [0.25, 0.3) is 0 Å². The molecule has 0 saturated carbocycles. The first-order valence-corrected chi connectivity index (χ1v) is 10.2. The molecule has 0 radical (unpaired) electrons. The third-order valence-corrected chi connectivity index (χ3v) is 6.18. The molecule has 1 aliphatic heterocycles. The third-order valence-electron chi connectivity index (χ3n) is 4.36. The van der Waals surface area contributed by atoms with Gasteiger partial charge >= 0.3 is 0 Å². The van der Waals surface area contributed by atoms with Gasteiger partial charge in [0.1, 0.15) is 5.82 Å². The number of hydrogen-bond acceptors (Lipinski definition) is 5. The summed E-state index contributed by atoms with van der Waals surface area (Å²) in [5.74, 6) is 0.656. The first kappa shape index (κ1) is 17.6. The number of hydrogen-bond donors (Lipinski definition) is 1. The van der Waals surface area contributed by atoms with Crippen molar-refractivity contribution < 1.29 is 13.2 Å². The number of carbonyl (C=O) groups is 1. The van der Waals surface area contributed by atoms with Gasteiger partial charge in [-0.3, -0.25) is 4.79 Å². The molecule has 134 valence electrons. The van der Waals surface area contributed by atoms with E-state index in [-0.39, 0.29) is 23.8 Å². The van der Waals surface area contributed by atoms with Gasteiger partial charge in [0.25, 0.3) is 0 Å². The fourth-order valence-electron chi connectivity index (χ4n) is 3.21. The first-order valence-electron chi connectivity index (χ1n) is 8.39. The van der Waals surface area contributed by atoms with E-state index in [1.807, 2.05) is 30.3 Å². The summed E-state index contributed by atoms with van der Waals surface area (Å²) in [5.41, 5.74) is 6.41. The lowest BCUT2D eigenvalue weighted by atomic mass is 10.0. The average Bonchev–Trinajstić information content (AvgIpc) is 2.95. The van der Waals surface area contributed by atoms with Crippen molar-refractivity contribution >= 4 is 15.7 Å². The monoisotopic (exact) mass is 362 g/mol. The molecule has 7 nitrogen and oxygen atoms in total. The van der Waals surface area contributed by atoms with E-state index in [9.17, 15) is 13.2 Å². The molecule has 1 aliphatic rings. The number of rotatable bonds is 6. The second-order valence-electron chi connectivity index (χ2n) is 6.44. The number of sulfone groups is 1. The Kier molecular flexibility index (Phi) is 5.17. The Morgan fingerprint density at radius 1 is 1.28 bits per heavy atom. The zero-order valence-electron chi connectivity index (χ0n) is 14.0. The van der Waals surface area contributed by atoms with Crippen molar-refractivity contribution in [1.29, 1.82) is 0 Å². The minimum Gasteiger partial charge on any atom is -0.369 e. The van der Waals surface area contributed by atoms with Gasteiger partial charge in [-0.25, -0.2) is 18.1 Å². The topological polar surface area (TPSA) is 108 Å². The van der Waals surface area contributed by atoms with E-state index in [1.165, 1.54) is 0 Å². The SMILES string of the molecule is NC(=O)Cc1nc(C2CCCS(=O)(=O)C2)n(CCc2ccccc2)n1. The molecule has 1 aromatic heterocycles. The fraction of sp³-hybridized carbons (Fsp3) is 0.471. The Morgan fingerprint density at radius 3 is 2.72 bits per heavy atom. The predicted molar refractivity (Wildman–Crippen MR) is 93.7 cm³/mol. The summed E-state index contributed by atoms with van der Waals surface area (Å²) < 4.78 is 25.7. The minimum absolute atomic E-state index is 0.0369. The molecular weight excluding hydrogens is 340 g/mol. The number of amides is 1. The Balaban J connectivity index is 1.84. The Morgan fingerprint density at radius 2 is 2.04 bits per heavy atom. The lowest BCUT2D eigenvalue weighted by Gasteiger charge is -2.21. The summed E-state index contributed by atoms with van der Waals surface area (Å²) in [6.07, 6.45) is 2.11. The zero-order valence-corrected chi connectivity index (χ0v) is 14.8. The van der Waals surface area contributed by atoms with Crippen LogP contribution in [0.1, 0.15) is 36.0 Å². The molecule has 3 rings (SSSR count). The van der Waals surface area contributed by atoms with Crippen LogP contribution in [0.5, 0.6) is 0 Å². The van der Waals surface area contributed by atoms with E-state index in [2.05, 4.69) is 10.1 Å². The van der Waals surface area contributed by atoms with Gasteiger partial charge in [-0.2, -0.15) is 5.10 Å². The smallest absolute Gasteiger partial charge is 0.225 e. The van der Waals surface area contributed by atoms with Gasteiger partial charge in [0.15, 0.2) is 15.7 Å². The van der Waals surface area contributed by atoms with Crippen molar-refractivity contribution in [3.63, 3.8) is 0 Å². The van der Waals surface area contributed by atoms with Gasteiger partial charge in [-0.1, -0.05) is 30.3 Å². The van der Waals surface area contributed by atoms with Gasteiger partial charge in [-0.05, 0) is 24.8 Å². The van der Waals surface area contributed by atoms with Crippen molar-refractivity contribution in [2.75, 3.05) is 11.5 Å². The quantitative estimate of drug-likeness (QED) is 0.819. The summed E-state index contributed by atoms with van der Waals surface area (Å²) in [5, 5.41) is 4.40. The molecule has 0 bridgehead atoms. The lowest BCUT2D eigenvalue weighted by molar-refractivity contribution is -0.117. The maximum atomic E-state index is 12.0. The highest BCUT2D eigenvalue weighted by atomic mass is 32.2. The number of primary amides is 1. The lowest BCUT2D eigenvalue weighted by Crippen LogP contribution is -2.26. The number of nitrogens with two attached hydrogens (primary N) is 1. The highest BCUT2D eigenvalue weighted by Crippen LogP contribution is 2.27. The molecule has 0 aliphatic carbocycles. The standard InChI is InChI=1S/C17H22N4O3S/c18-15(22)11-16-19-17(14-7-4-10-25(23,24)12-14)21(20-16)9-8-13-5-2-1-3-6-13/h1-3,5-6,14H,4,7-12H2,(H2,18,22). The Hall–Kier alpha value is -2.22. The number of nitrogens with zero attached hydrogens (tertiary/aromatic N) is 3. The van der Waals surface area contributed by atoms with Gasteiger partial charge in [0, 0.05) is 12.5 Å². The van der Waals surface area contributed by atoms with Crippen molar-refractivity contribution in [3.8, 4) is 0 Å². The maximum Gasteiger partial charge on any atom is 0.225 e. The fourth-order valence-corrected chi connectivity index (χ4v) is 4.91. The Labute approximate surface area is 147 Å². The summed E-state index contributed by atoms with van der Waals surface area (Å²) in [6.45, 7) is 0.585. The van der Waals surface area contributed by atoms with Crippen molar-refractivity contribution in [3.05, 3.63) is 47.5 Å². The van der Waals surface area contributed by atoms with Crippen LogP contribution < -0.4 is 5.73 Å². The minimum atomic E-state index is -3.05. The van der Waals surface area contributed by atoms with Crippen molar-refractivity contribution in [1.82, 2.24) is 14.8 Å². The van der Waals surface area contributed by atoms with Crippen LogP contribution in [0.2, 0.25) is 0 Å². The molecular formula is C17H22N4O3S. The molecule has 1 saturated heterocycles. The van der Waals surface area contributed by atoms with Crippen LogP contribution >= 0.6 is 0 Å². The average molecular weight is 362 g/mol. The summed E-state index contributed by atoms with van der Waals surface area (Å²) in [7, 11) is -3.05. The number of aromatic nitrogens is 3. The number of carbonyl (C=O) groups excluding carboxylic acids is 1. The number of aryl methyl sites for hydroxylation is 2. The normalized spacial score (nSPS) is 19.6. The molecule has 1 fully saturated rings. The van der Waals surface area contributed by atoms with Crippen LogP contribution in [0.15, 0.2) is 30.3 Å². The van der Waals surface area contributed by atoms with E-state index < -0.39 is 15.7 Å². The van der Waals surface area contributed by atoms with Crippen LogP contribution in [0, 0.1) is 0 Å². The van der Waals surface area contributed by atoms with Crippen LogP contribution in [-0.4, -0.2) is 40.6 Å². The van der Waals surface area contributed by atoms with E-state index in [1.54, 1.807) is 4.68 Å². The second-order valence-corrected chi connectivity index (χ2v) is 8.67. The summed E-state index contributed by atoms with van der Waals surface area (Å²) in [4.78, 5) is 15.6. The van der Waals surface area contributed by atoms with Crippen molar-refractivity contribution in [2.24, 2.45) is 5.73 Å². The molecule has 1 atom stereocenters. The van der Waals surface area contributed by atoms with Gasteiger partial charge in [-0.15, -0.1) is 0 Å². The van der Waals surface area contributed by atoms with E-state index in [4.69, 9.17) is 5.73 Å². The second kappa shape index (κ2) is 7.35. The van der Waals surface area contributed by atoms with E-state index >= 15 is 0 Å². The predicted octanol–water partition coefficient (Wildman–Crippen LogP) is 0.841. The van der Waals surface area contributed by atoms with Crippen LogP contribution in [0.3, 0.4) is 0 Å². The van der Waals surface area contributed by atoms with E-state index in [0.29, 0.717) is 24.6 Å². The molecule has 2 heterocycles. The van der Waals surface area contributed by atoms with Gasteiger partial charge < -0.3 is 5.73 Å². The highest BCUT2D eigenvalue weighted by molar-refractivity contribution is 7.91. The van der Waals surface area contributed by atoms with Crippen LogP contribution in [-0.2, 0) is 34.0 Å². The largest absolute Gasteiger partial charge is 0.369 e. The molecule has 25 heavy (non-hydrogen) atoms.